The Labute approximate surface area is 76.6 Å². The Kier molecular flexibility index (Phi) is 2.67. The van der Waals surface area contributed by atoms with Gasteiger partial charge >= 0.3 is 0 Å². The van der Waals surface area contributed by atoms with E-state index in [9.17, 15) is 8.42 Å². The average molecular weight is 204 g/mol. The fourth-order valence-electron chi connectivity index (χ4n) is 0.799. The number of hydrogen-bond acceptors (Lipinski definition) is 4. The Morgan fingerprint density at radius 2 is 2.23 bits per heavy atom. The van der Waals surface area contributed by atoms with Crippen LogP contribution in [0.15, 0.2) is 5.16 Å². The highest BCUT2D eigenvalue weighted by Gasteiger charge is 2.16. The van der Waals surface area contributed by atoms with Gasteiger partial charge in [0, 0.05) is 5.92 Å². The molecular weight excluding hydrogens is 192 g/mol. The lowest BCUT2D eigenvalue weighted by Crippen LogP contribution is -2.14. The maximum absolute atomic E-state index is 10.8. The van der Waals surface area contributed by atoms with E-state index in [2.05, 4.69) is 15.2 Å². The van der Waals surface area contributed by atoms with E-state index in [0.29, 0.717) is 5.82 Å². The van der Waals surface area contributed by atoms with Crippen LogP contribution < -0.4 is 5.14 Å². The molecule has 1 heterocycles. The van der Waals surface area contributed by atoms with Gasteiger partial charge in [0.25, 0.3) is 15.2 Å². The fourth-order valence-corrected chi connectivity index (χ4v) is 1.20. The molecule has 1 unspecified atom stereocenters. The molecule has 13 heavy (non-hydrogen) atoms. The zero-order chi connectivity index (χ0) is 10.1. The zero-order valence-corrected chi connectivity index (χ0v) is 8.30. The molecule has 6 nitrogen and oxygen atoms in total. The molecule has 0 saturated heterocycles. The molecule has 0 radical (unpaired) electrons. The minimum absolute atomic E-state index is 0.156. The van der Waals surface area contributed by atoms with Crippen molar-refractivity contribution in [3.05, 3.63) is 5.82 Å². The highest BCUT2D eigenvalue weighted by molar-refractivity contribution is 7.89. The summed E-state index contributed by atoms with van der Waals surface area (Å²) in [7, 11) is -3.78. The van der Waals surface area contributed by atoms with E-state index in [1.54, 1.807) is 0 Å². The number of H-pyrrole nitrogens is 1. The summed E-state index contributed by atoms with van der Waals surface area (Å²) in [4.78, 5) is 3.77. The van der Waals surface area contributed by atoms with E-state index in [0.717, 1.165) is 6.42 Å². The van der Waals surface area contributed by atoms with Gasteiger partial charge in [-0.25, -0.2) is 18.5 Å². The summed E-state index contributed by atoms with van der Waals surface area (Å²) < 4.78 is 21.6. The van der Waals surface area contributed by atoms with Crippen molar-refractivity contribution < 1.29 is 8.42 Å². The van der Waals surface area contributed by atoms with Crippen molar-refractivity contribution in [1.82, 2.24) is 15.2 Å². The number of primary sulfonamides is 1. The van der Waals surface area contributed by atoms with Gasteiger partial charge in [0.05, 0.1) is 0 Å². The maximum Gasteiger partial charge on any atom is 0.282 e. The third-order valence-corrected chi connectivity index (χ3v) is 2.51. The van der Waals surface area contributed by atoms with Gasteiger partial charge in [0.1, 0.15) is 5.82 Å². The predicted molar refractivity (Wildman–Crippen MR) is 46.5 cm³/mol. The van der Waals surface area contributed by atoms with Crippen molar-refractivity contribution in [2.75, 3.05) is 0 Å². The summed E-state index contributed by atoms with van der Waals surface area (Å²) in [5, 5.41) is 10.5. The third kappa shape index (κ3) is 2.25. The maximum atomic E-state index is 10.8. The molecule has 1 atom stereocenters. The molecule has 1 rings (SSSR count). The van der Waals surface area contributed by atoms with Crippen LogP contribution in [0.1, 0.15) is 32.0 Å². The van der Waals surface area contributed by atoms with Crippen LogP contribution in [-0.2, 0) is 10.0 Å². The molecule has 3 N–H and O–H groups in total. The first kappa shape index (κ1) is 10.1. The molecule has 0 bridgehead atoms. The quantitative estimate of drug-likeness (QED) is 0.721. The Morgan fingerprint density at radius 3 is 2.62 bits per heavy atom. The van der Waals surface area contributed by atoms with Crippen LogP contribution >= 0.6 is 0 Å². The zero-order valence-electron chi connectivity index (χ0n) is 7.48. The molecule has 74 valence electrons. The first-order valence-corrected chi connectivity index (χ1v) is 5.45. The van der Waals surface area contributed by atoms with Crippen molar-refractivity contribution in [3.8, 4) is 0 Å². The van der Waals surface area contributed by atoms with Crippen LogP contribution in [0.4, 0.5) is 0 Å². The normalized spacial score (nSPS) is 14.4. The molecule has 7 heteroatoms. The van der Waals surface area contributed by atoms with Gasteiger partial charge in [0.15, 0.2) is 0 Å². The fraction of sp³-hybridized carbons (Fsp3) is 0.667. The smallest absolute Gasteiger partial charge is 0.262 e. The van der Waals surface area contributed by atoms with Gasteiger partial charge in [-0.1, -0.05) is 13.8 Å². The van der Waals surface area contributed by atoms with E-state index in [-0.39, 0.29) is 11.1 Å². The lowest BCUT2D eigenvalue weighted by Gasteiger charge is -2.00. The third-order valence-electron chi connectivity index (χ3n) is 1.82. The number of nitrogens with two attached hydrogens (primary N) is 1. The second-order valence-corrected chi connectivity index (χ2v) is 4.31. The van der Waals surface area contributed by atoms with E-state index in [1.165, 1.54) is 0 Å². The largest absolute Gasteiger partial charge is 0.282 e. The number of hydrogen-bond donors (Lipinski definition) is 2. The van der Waals surface area contributed by atoms with Gasteiger partial charge in [-0.05, 0) is 6.42 Å². The van der Waals surface area contributed by atoms with Crippen LogP contribution in [-0.4, -0.2) is 23.6 Å². The van der Waals surface area contributed by atoms with Gasteiger partial charge in [-0.15, -0.1) is 5.10 Å². The number of aromatic amines is 1. The van der Waals surface area contributed by atoms with Crippen molar-refractivity contribution >= 4 is 10.0 Å². The molecule has 0 aliphatic rings. The van der Waals surface area contributed by atoms with E-state index < -0.39 is 10.0 Å². The molecule has 0 aliphatic heterocycles. The summed E-state index contributed by atoms with van der Waals surface area (Å²) in [6, 6.07) is 0. The molecule has 0 aliphatic carbocycles. The molecule has 1 aromatic rings. The first-order chi connectivity index (χ1) is 5.95. The summed E-state index contributed by atoms with van der Waals surface area (Å²) in [5.41, 5.74) is 0. The lowest BCUT2D eigenvalue weighted by molar-refractivity contribution is 0.589. The standard InChI is InChI=1S/C6H12N4O2S/c1-3-4(2)5-8-6(10-9-5)13(7,11)12/h4H,3H2,1-2H3,(H2,7,11,12)(H,8,9,10). The molecular formula is C6H12N4O2S. The van der Waals surface area contributed by atoms with Gasteiger partial charge in [-0.2, -0.15) is 0 Å². The molecule has 0 saturated carbocycles. The first-order valence-electron chi connectivity index (χ1n) is 3.90. The van der Waals surface area contributed by atoms with Crippen LogP contribution in [0.5, 0.6) is 0 Å². The number of rotatable bonds is 3. The van der Waals surface area contributed by atoms with Crippen molar-refractivity contribution in [2.24, 2.45) is 5.14 Å². The Morgan fingerprint density at radius 1 is 1.62 bits per heavy atom. The predicted octanol–water partition coefficient (Wildman–Crippen LogP) is -0.0344. The van der Waals surface area contributed by atoms with E-state index in [4.69, 9.17) is 5.14 Å². The highest BCUT2D eigenvalue weighted by atomic mass is 32.2. The summed E-state index contributed by atoms with van der Waals surface area (Å²) in [6.45, 7) is 3.90. The topological polar surface area (TPSA) is 102 Å². The summed E-state index contributed by atoms with van der Waals surface area (Å²) in [6.07, 6.45) is 0.860. The number of aromatic nitrogens is 3. The molecule has 0 spiro atoms. The number of sulfonamides is 1. The van der Waals surface area contributed by atoms with Crippen LogP contribution in [0.2, 0.25) is 0 Å². The molecule has 1 aromatic heterocycles. The summed E-state index contributed by atoms with van der Waals surface area (Å²) in [5.74, 6) is 0.703. The molecule has 0 aromatic carbocycles. The second-order valence-electron chi connectivity index (χ2n) is 2.86. The molecule has 0 amide bonds. The summed E-state index contributed by atoms with van der Waals surface area (Å²) >= 11 is 0. The van der Waals surface area contributed by atoms with Crippen LogP contribution in [0.25, 0.3) is 0 Å². The number of nitrogens with one attached hydrogen (secondary N) is 1. The minimum atomic E-state index is -3.78. The second kappa shape index (κ2) is 3.43. The van der Waals surface area contributed by atoms with Crippen molar-refractivity contribution in [2.45, 2.75) is 31.3 Å². The average Bonchev–Trinajstić information content (AvgIpc) is 2.50. The van der Waals surface area contributed by atoms with Crippen LogP contribution in [0, 0.1) is 0 Å². The Bertz CT molecular complexity index is 383. The van der Waals surface area contributed by atoms with E-state index >= 15 is 0 Å². The van der Waals surface area contributed by atoms with Gasteiger partial charge in [-0.3, -0.25) is 5.10 Å². The van der Waals surface area contributed by atoms with Gasteiger partial charge < -0.3 is 0 Å². The Hall–Kier alpha value is -0.950. The highest BCUT2D eigenvalue weighted by Crippen LogP contribution is 2.14. The monoisotopic (exact) mass is 204 g/mol. The SMILES string of the molecule is CCC(C)c1nc(S(N)(=O)=O)n[nH]1. The van der Waals surface area contributed by atoms with Crippen molar-refractivity contribution in [3.63, 3.8) is 0 Å². The van der Waals surface area contributed by atoms with Crippen LogP contribution in [0.3, 0.4) is 0 Å². The van der Waals surface area contributed by atoms with E-state index in [1.807, 2.05) is 13.8 Å². The van der Waals surface area contributed by atoms with Crippen molar-refractivity contribution in [1.29, 1.82) is 0 Å². The lowest BCUT2D eigenvalue weighted by atomic mass is 10.1. The Balaban J connectivity index is 3.00. The molecule has 0 fully saturated rings. The number of nitrogens with zero attached hydrogens (tertiary/aromatic N) is 2. The minimum Gasteiger partial charge on any atom is -0.262 e. The van der Waals surface area contributed by atoms with Gasteiger partial charge in [0.2, 0.25) is 0 Å².